The van der Waals surface area contributed by atoms with E-state index >= 15 is 38.4 Å². The number of imide groups is 4. The molecule has 0 spiro atoms. The molecule has 14 rings (SSSR count). The minimum Gasteiger partial charge on any atom is -0.271 e. The summed E-state index contributed by atoms with van der Waals surface area (Å²) in [4.78, 5) is 131. The molecule has 0 aromatic heterocycles. The molecule has 4 aliphatic rings. The van der Waals surface area contributed by atoms with E-state index in [0.29, 0.717) is 124 Å². The van der Waals surface area contributed by atoms with Crippen LogP contribution in [0.15, 0.2) is 84.9 Å². The monoisotopic (exact) mass is 1550 g/mol. The largest absolute Gasteiger partial charge is 0.271 e. The van der Waals surface area contributed by atoms with E-state index in [1.54, 1.807) is 19.6 Å². The average molecular weight is 1560 g/mol. The first kappa shape index (κ1) is 83.0. The van der Waals surface area contributed by atoms with Crippen LogP contribution in [-0.2, 0) is 0 Å². The van der Waals surface area contributed by atoms with Crippen LogP contribution in [0.25, 0.3) is 86.2 Å². The summed E-state index contributed by atoms with van der Waals surface area (Å²) in [6.07, 6.45) is 38.3. The second kappa shape index (κ2) is 37.8. The maximum atomic E-state index is 16.0. The van der Waals surface area contributed by atoms with Gasteiger partial charge in [0.25, 0.3) is 47.3 Å². The Bertz CT molecular complexity index is 5110. The van der Waals surface area contributed by atoms with E-state index in [4.69, 9.17) is 0 Å². The topological polar surface area (TPSA) is 150 Å². The van der Waals surface area contributed by atoms with E-state index in [-0.39, 0.29) is 71.4 Å². The SMILES string of the molecule is CCCCCCC(CCCCCC)N1C(=O)c2ccc3c4ccc5c6c(cc(C#CC#Cc7cc8c9c(ccc%10c%11ccc%12c%13c(ccc(c7c9%10)c%13%11)C(=O)N(C(CCCCCC)CCCCCC)C%12=O)C(=O)N(C(CCCCCC)CCCCCC)C8=O)c(c7ccc(c2c37)C1=O)c64)C(=O)N(C(CCCCCC)CCCCCC)C5=O. The van der Waals surface area contributed by atoms with Crippen LogP contribution in [0.3, 0.4) is 0 Å². The Kier molecular flexibility index (Phi) is 27.1. The molecule has 0 unspecified atom stereocenters. The Hall–Kier alpha value is -9.52. The molecule has 116 heavy (non-hydrogen) atoms. The zero-order valence-corrected chi connectivity index (χ0v) is 70.7. The normalized spacial score (nSPS) is 14.3. The van der Waals surface area contributed by atoms with Crippen molar-refractivity contribution in [3.63, 3.8) is 0 Å². The van der Waals surface area contributed by atoms with Gasteiger partial charge in [-0.3, -0.25) is 58.0 Å². The molecule has 0 atom stereocenters. The number of rotatable bonds is 44. The Balaban J connectivity index is 0.981. The van der Waals surface area contributed by atoms with Crippen LogP contribution in [0.2, 0.25) is 0 Å². The third-order valence-corrected chi connectivity index (χ3v) is 26.6. The number of fused-ring (bicyclic) bond motifs is 4. The minimum absolute atomic E-state index is 0.250. The first-order valence-electron chi connectivity index (χ1n) is 45.7. The predicted molar refractivity (Wildman–Crippen MR) is 476 cm³/mol. The molecule has 4 heterocycles. The highest BCUT2D eigenvalue weighted by Crippen LogP contribution is 2.51. The molecule has 10 aromatic rings. The standard InChI is InChI=1S/C104H122N4O8/c1-9-17-25-33-45-69(46-34-26-18-10-2)105-97(109)79-59-53-73-75-55-61-83-93-85(103(115)107(101(83)113)71(49-37-29-21-13-5)50-38-30-22-14-6)65-67(87(95(75)93)77-57-63-81(99(105)111)91(79)89(73)77)43-41-42-44-68-66-86-94-84(102(114)108(104(86)116)72(51-39-31-23-15-7)52-40-32-24-16-8)62-56-76-74-54-60-80-92-82(64-58-78(90(74)92)88(68)96(76)94)100(112)106(98(80)110)70(47-35-27-19-11-3)48-36-28-20-12-4/h53-66,69-72H,9-40,45-52H2,1-8H3. The van der Waals surface area contributed by atoms with Gasteiger partial charge in [-0.1, -0.05) is 309 Å². The lowest BCUT2D eigenvalue weighted by molar-refractivity contribution is 0.0501. The molecule has 4 aliphatic heterocycles. The van der Waals surface area contributed by atoms with Gasteiger partial charge in [-0.15, -0.1) is 0 Å². The van der Waals surface area contributed by atoms with Crippen molar-refractivity contribution in [1.29, 1.82) is 0 Å². The predicted octanol–water partition coefficient (Wildman–Crippen LogP) is 26.8. The van der Waals surface area contributed by atoms with Crippen molar-refractivity contribution in [2.45, 2.75) is 336 Å². The number of nitrogens with zero attached hydrogens (tertiary/aromatic N) is 4. The first-order valence-corrected chi connectivity index (χ1v) is 45.7. The Morgan fingerprint density at radius 2 is 0.397 bits per heavy atom. The van der Waals surface area contributed by atoms with E-state index in [1.165, 1.54) is 0 Å². The van der Waals surface area contributed by atoms with E-state index in [0.717, 1.165) is 274 Å². The lowest BCUT2D eigenvalue weighted by Crippen LogP contribution is -2.47. The van der Waals surface area contributed by atoms with Gasteiger partial charge < -0.3 is 0 Å². The van der Waals surface area contributed by atoms with Crippen molar-refractivity contribution in [3.05, 3.63) is 141 Å². The van der Waals surface area contributed by atoms with Gasteiger partial charge in [-0.05, 0) is 155 Å². The van der Waals surface area contributed by atoms with Crippen LogP contribution in [0, 0.1) is 23.7 Å². The van der Waals surface area contributed by atoms with Crippen molar-refractivity contribution < 1.29 is 38.4 Å². The molecule has 0 aliphatic carbocycles. The fourth-order valence-corrected chi connectivity index (χ4v) is 20.6. The number of hydrogen-bond acceptors (Lipinski definition) is 8. The summed E-state index contributed by atoms with van der Waals surface area (Å²) in [6.45, 7) is 17.5. The summed E-state index contributed by atoms with van der Waals surface area (Å²) in [5.74, 6) is 11.3. The average Bonchev–Trinajstić information content (AvgIpc) is 0.688. The maximum absolute atomic E-state index is 16.0. The van der Waals surface area contributed by atoms with Crippen molar-refractivity contribution in [1.82, 2.24) is 19.6 Å². The summed E-state index contributed by atoms with van der Waals surface area (Å²) in [5, 5.41) is 11.1. The molecule has 0 N–H and O–H groups in total. The zero-order chi connectivity index (χ0) is 81.3. The highest BCUT2D eigenvalue weighted by Gasteiger charge is 2.45. The Morgan fingerprint density at radius 1 is 0.207 bits per heavy atom. The van der Waals surface area contributed by atoms with Crippen molar-refractivity contribution in [2.24, 2.45) is 0 Å². The molecular formula is C104H122N4O8. The Labute approximate surface area is 688 Å². The summed E-state index contributed by atoms with van der Waals surface area (Å²) >= 11 is 0. The molecule has 0 bridgehead atoms. The van der Waals surface area contributed by atoms with Gasteiger partial charge in [0.05, 0.1) is 0 Å². The molecule has 606 valence electrons. The van der Waals surface area contributed by atoms with Crippen molar-refractivity contribution in [2.75, 3.05) is 0 Å². The molecule has 10 aromatic carbocycles. The van der Waals surface area contributed by atoms with Gasteiger partial charge >= 0.3 is 0 Å². The molecular weight excluding hydrogens is 1430 g/mol. The number of carbonyl (C=O) groups excluding carboxylic acids is 8. The highest BCUT2D eigenvalue weighted by atomic mass is 16.2. The second-order valence-electron chi connectivity index (χ2n) is 34.5. The van der Waals surface area contributed by atoms with Crippen LogP contribution in [0.4, 0.5) is 0 Å². The maximum Gasteiger partial charge on any atom is 0.261 e. The van der Waals surface area contributed by atoms with Gasteiger partial charge in [-0.2, -0.15) is 0 Å². The van der Waals surface area contributed by atoms with Gasteiger partial charge in [0.15, 0.2) is 0 Å². The Morgan fingerprint density at radius 3 is 0.612 bits per heavy atom. The van der Waals surface area contributed by atoms with Gasteiger partial charge in [0.2, 0.25) is 0 Å². The lowest BCUT2D eigenvalue weighted by atomic mass is 9.80. The fourth-order valence-electron chi connectivity index (χ4n) is 20.6. The number of carbonyl (C=O) groups is 8. The van der Waals surface area contributed by atoms with E-state index in [9.17, 15) is 0 Å². The molecule has 0 saturated carbocycles. The third kappa shape index (κ3) is 15.6. The van der Waals surface area contributed by atoms with Gasteiger partial charge in [0, 0.05) is 123 Å². The summed E-state index contributed by atoms with van der Waals surface area (Å²) in [7, 11) is 0. The molecule has 0 radical (unpaired) electrons. The summed E-state index contributed by atoms with van der Waals surface area (Å²) in [5.41, 5.74) is 4.51. The number of benzene rings is 10. The van der Waals surface area contributed by atoms with E-state index in [1.807, 2.05) is 84.9 Å². The van der Waals surface area contributed by atoms with Crippen molar-refractivity contribution in [3.8, 4) is 23.7 Å². The van der Waals surface area contributed by atoms with Gasteiger partial charge in [-0.25, -0.2) is 0 Å². The highest BCUT2D eigenvalue weighted by molar-refractivity contribution is 6.44. The molecule has 0 saturated heterocycles. The molecule has 0 fully saturated rings. The zero-order valence-electron chi connectivity index (χ0n) is 70.7. The first-order chi connectivity index (χ1) is 56.7. The van der Waals surface area contributed by atoms with Crippen molar-refractivity contribution >= 4 is 133 Å². The smallest absolute Gasteiger partial charge is 0.261 e. The lowest BCUT2D eigenvalue weighted by Gasteiger charge is -2.36. The molecule has 8 amide bonds. The number of hydrogen-bond donors (Lipinski definition) is 0. The summed E-state index contributed by atoms with van der Waals surface area (Å²) < 4.78 is 0. The van der Waals surface area contributed by atoms with Crippen LogP contribution < -0.4 is 0 Å². The van der Waals surface area contributed by atoms with Crippen LogP contribution in [0.5, 0.6) is 0 Å². The molecule has 12 nitrogen and oxygen atoms in total. The third-order valence-electron chi connectivity index (χ3n) is 26.6. The second-order valence-corrected chi connectivity index (χ2v) is 34.5. The number of unbranched alkanes of at least 4 members (excludes halogenated alkanes) is 24. The van der Waals surface area contributed by atoms with E-state index in [2.05, 4.69) is 79.1 Å². The molecule has 12 heteroatoms. The van der Waals surface area contributed by atoms with Gasteiger partial charge in [0.1, 0.15) is 0 Å². The van der Waals surface area contributed by atoms with Crippen LogP contribution >= 0.6 is 0 Å². The fraction of sp³-hybridized carbons (Fsp3) is 0.500. The van der Waals surface area contributed by atoms with E-state index < -0.39 is 0 Å². The van der Waals surface area contributed by atoms with Crippen LogP contribution in [0.1, 0.15) is 406 Å². The quantitative estimate of drug-likeness (QED) is 0.0120. The van der Waals surface area contributed by atoms with Crippen LogP contribution in [-0.4, -0.2) is 91.0 Å². The minimum atomic E-state index is -0.357. The number of amides is 8. The summed E-state index contributed by atoms with van der Waals surface area (Å²) in [6, 6.07) is 25.8.